The second-order valence-electron chi connectivity index (χ2n) is 6.43. The average molecular weight is 392 g/mol. The van der Waals surface area contributed by atoms with Crippen molar-refractivity contribution in [1.29, 1.82) is 5.26 Å². The van der Waals surface area contributed by atoms with Crippen molar-refractivity contribution in [2.24, 2.45) is 0 Å². The van der Waals surface area contributed by atoms with E-state index in [1.165, 1.54) is 4.31 Å². The van der Waals surface area contributed by atoms with Crippen LogP contribution in [0.3, 0.4) is 0 Å². The Morgan fingerprint density at radius 3 is 2.46 bits per heavy atom. The number of hydrogen-bond donors (Lipinski definition) is 0. The molecule has 0 saturated heterocycles. The zero-order valence-electron chi connectivity index (χ0n) is 14.8. The number of hydrogen-bond acceptors (Lipinski definition) is 5. The van der Waals surface area contributed by atoms with E-state index in [0.717, 1.165) is 10.9 Å². The van der Waals surface area contributed by atoms with Crippen LogP contribution in [0.2, 0.25) is 0 Å². The lowest BCUT2D eigenvalue weighted by atomic mass is 10.1. The predicted octanol–water partition coefficient (Wildman–Crippen LogP) is 3.35. The number of ether oxygens (including phenoxy) is 1. The van der Waals surface area contributed by atoms with Crippen LogP contribution in [0.5, 0.6) is 0 Å². The summed E-state index contributed by atoms with van der Waals surface area (Å²) < 4.78 is 32.2. The summed E-state index contributed by atoms with van der Waals surface area (Å²) in [5.41, 5.74) is 1.88. The summed E-state index contributed by atoms with van der Waals surface area (Å²) in [6.07, 6.45) is -0.0557. The third kappa shape index (κ3) is 3.08. The normalized spacial score (nSPS) is 14.0. The number of carbonyl (C=O) groups is 1. The van der Waals surface area contributed by atoms with E-state index >= 15 is 0 Å². The molecule has 0 bridgehead atoms. The lowest BCUT2D eigenvalue weighted by Gasteiger charge is -2.18. The molecule has 0 aliphatic carbocycles. The number of anilines is 1. The fourth-order valence-electron chi connectivity index (χ4n) is 3.30. The summed E-state index contributed by atoms with van der Waals surface area (Å²) in [4.78, 5) is 12.4. The molecule has 0 radical (unpaired) electrons. The Morgan fingerprint density at radius 2 is 1.75 bits per heavy atom. The number of esters is 1. The topological polar surface area (TPSA) is 87.5 Å². The van der Waals surface area contributed by atoms with Crippen LogP contribution in [0.15, 0.2) is 65.6 Å². The van der Waals surface area contributed by atoms with Gasteiger partial charge in [0.1, 0.15) is 6.61 Å². The van der Waals surface area contributed by atoms with Gasteiger partial charge in [-0.3, -0.25) is 9.10 Å². The Bertz CT molecular complexity index is 1210. The van der Waals surface area contributed by atoms with E-state index in [2.05, 4.69) is 0 Å². The number of benzene rings is 3. The summed E-state index contributed by atoms with van der Waals surface area (Å²) in [6.45, 7) is 0.0927. The van der Waals surface area contributed by atoms with Gasteiger partial charge in [0.25, 0.3) is 10.0 Å². The molecule has 0 unspecified atom stereocenters. The van der Waals surface area contributed by atoms with Crippen molar-refractivity contribution in [3.63, 3.8) is 0 Å². The first kappa shape index (κ1) is 18.0. The Morgan fingerprint density at radius 1 is 1.04 bits per heavy atom. The molecule has 4 rings (SSSR count). The van der Waals surface area contributed by atoms with Gasteiger partial charge >= 0.3 is 5.97 Å². The number of sulfonamides is 1. The number of nitrogens with zero attached hydrogens (tertiary/aromatic N) is 2. The average Bonchev–Trinajstić information content (AvgIpc) is 2.93. The highest BCUT2D eigenvalue weighted by atomic mass is 32.2. The van der Waals surface area contributed by atoms with Crippen LogP contribution in [-0.4, -0.2) is 20.9 Å². The molecule has 1 aliphatic rings. The molecule has 6 nitrogen and oxygen atoms in total. The third-order valence-electron chi connectivity index (χ3n) is 4.68. The quantitative estimate of drug-likeness (QED) is 0.622. The first-order valence-electron chi connectivity index (χ1n) is 8.70. The van der Waals surface area contributed by atoms with Gasteiger partial charge in [0, 0.05) is 11.9 Å². The van der Waals surface area contributed by atoms with Crippen molar-refractivity contribution in [2.75, 3.05) is 10.8 Å². The Labute approximate surface area is 162 Å². The van der Waals surface area contributed by atoms with E-state index in [4.69, 9.17) is 10.00 Å². The molecule has 0 spiro atoms. The van der Waals surface area contributed by atoms with Gasteiger partial charge in [0.2, 0.25) is 0 Å². The molecule has 0 aromatic heterocycles. The fraction of sp³-hybridized carbons (Fsp3) is 0.143. The fourth-order valence-corrected chi connectivity index (χ4v) is 5.01. The van der Waals surface area contributed by atoms with Crippen molar-refractivity contribution >= 4 is 32.5 Å². The number of rotatable bonds is 5. The SMILES string of the molecule is N#Cc1ccc(COC(=O)CCN2c3cccc4cccc(c34)S2(=O)=O)cc1. The van der Waals surface area contributed by atoms with Crippen LogP contribution >= 0.6 is 0 Å². The summed E-state index contributed by atoms with van der Waals surface area (Å²) in [5.74, 6) is -0.484. The van der Waals surface area contributed by atoms with E-state index in [1.807, 2.05) is 18.2 Å². The monoisotopic (exact) mass is 392 g/mol. The smallest absolute Gasteiger partial charge is 0.307 e. The molecule has 7 heteroatoms. The van der Waals surface area contributed by atoms with E-state index in [-0.39, 0.29) is 24.5 Å². The van der Waals surface area contributed by atoms with Crippen LogP contribution in [0, 0.1) is 11.3 Å². The molecule has 28 heavy (non-hydrogen) atoms. The van der Waals surface area contributed by atoms with E-state index in [9.17, 15) is 13.2 Å². The van der Waals surface area contributed by atoms with Crippen LogP contribution < -0.4 is 4.31 Å². The maximum absolute atomic E-state index is 12.9. The highest BCUT2D eigenvalue weighted by Crippen LogP contribution is 2.41. The molecule has 0 saturated carbocycles. The van der Waals surface area contributed by atoms with Crippen molar-refractivity contribution in [1.82, 2.24) is 0 Å². The number of nitriles is 1. The molecule has 3 aromatic carbocycles. The molecule has 0 atom stereocenters. The summed E-state index contributed by atoms with van der Waals surface area (Å²) >= 11 is 0. The Balaban J connectivity index is 1.44. The highest BCUT2D eigenvalue weighted by Gasteiger charge is 2.35. The second-order valence-corrected chi connectivity index (χ2v) is 8.26. The zero-order valence-corrected chi connectivity index (χ0v) is 15.6. The zero-order chi connectivity index (χ0) is 19.7. The summed E-state index contributed by atoms with van der Waals surface area (Å²) in [6, 6.07) is 19.4. The lowest BCUT2D eigenvalue weighted by molar-refractivity contribution is -0.144. The van der Waals surface area contributed by atoms with Gasteiger partial charge in [-0.25, -0.2) is 8.42 Å². The van der Waals surface area contributed by atoms with E-state index in [0.29, 0.717) is 16.6 Å². The number of carbonyl (C=O) groups excluding carboxylic acids is 1. The highest BCUT2D eigenvalue weighted by molar-refractivity contribution is 7.93. The molecule has 140 valence electrons. The van der Waals surface area contributed by atoms with Crippen molar-refractivity contribution in [3.8, 4) is 6.07 Å². The van der Waals surface area contributed by atoms with Gasteiger partial charge < -0.3 is 4.74 Å². The lowest BCUT2D eigenvalue weighted by Crippen LogP contribution is -2.29. The summed E-state index contributed by atoms with van der Waals surface area (Å²) in [5, 5.41) is 10.3. The first-order chi connectivity index (χ1) is 13.5. The molecule has 1 heterocycles. The van der Waals surface area contributed by atoms with Crippen molar-refractivity contribution in [2.45, 2.75) is 17.9 Å². The third-order valence-corrected chi connectivity index (χ3v) is 6.54. The maximum Gasteiger partial charge on any atom is 0.307 e. The van der Waals surface area contributed by atoms with Crippen LogP contribution in [0.25, 0.3) is 10.8 Å². The molecular weight excluding hydrogens is 376 g/mol. The minimum absolute atomic E-state index is 0.0162. The molecule has 0 amide bonds. The van der Waals surface area contributed by atoms with Gasteiger partial charge in [-0.1, -0.05) is 36.4 Å². The maximum atomic E-state index is 12.9. The van der Waals surface area contributed by atoms with Gasteiger partial charge in [0.15, 0.2) is 0 Å². The largest absolute Gasteiger partial charge is 0.461 e. The molecule has 1 aliphatic heterocycles. The van der Waals surface area contributed by atoms with E-state index < -0.39 is 16.0 Å². The standard InChI is InChI=1S/C21H16N2O4S/c22-13-15-7-9-16(10-8-15)14-27-20(24)11-12-23-18-5-1-3-17-4-2-6-19(21(17)18)28(23,25)26/h1-10H,11-12,14H2. The van der Waals surface area contributed by atoms with E-state index in [1.54, 1.807) is 48.5 Å². The molecule has 0 N–H and O–H groups in total. The minimum atomic E-state index is -3.67. The first-order valence-corrected chi connectivity index (χ1v) is 10.1. The van der Waals surface area contributed by atoms with Crippen LogP contribution in [0.4, 0.5) is 5.69 Å². The van der Waals surface area contributed by atoms with Gasteiger partial charge in [-0.2, -0.15) is 5.26 Å². The molecular formula is C21H16N2O4S. The van der Waals surface area contributed by atoms with Crippen LogP contribution in [0.1, 0.15) is 17.5 Å². The molecule has 0 fully saturated rings. The van der Waals surface area contributed by atoms with Crippen LogP contribution in [-0.2, 0) is 26.2 Å². The van der Waals surface area contributed by atoms with Crippen molar-refractivity contribution < 1.29 is 17.9 Å². The predicted molar refractivity (Wildman–Crippen MR) is 104 cm³/mol. The van der Waals surface area contributed by atoms with Gasteiger partial charge in [-0.05, 0) is 35.2 Å². The van der Waals surface area contributed by atoms with Gasteiger partial charge in [0.05, 0.1) is 28.6 Å². The van der Waals surface area contributed by atoms with Gasteiger partial charge in [-0.15, -0.1) is 0 Å². The van der Waals surface area contributed by atoms with Crippen molar-refractivity contribution in [3.05, 3.63) is 71.8 Å². The Hall–Kier alpha value is -3.37. The molecule has 3 aromatic rings. The second kappa shape index (κ2) is 6.98. The summed E-state index contributed by atoms with van der Waals surface area (Å²) in [7, 11) is -3.67. The Kier molecular flexibility index (Phi) is 4.49. The minimum Gasteiger partial charge on any atom is -0.461 e.